The van der Waals surface area contributed by atoms with Crippen molar-refractivity contribution in [2.24, 2.45) is 57.2 Å². The number of carbonyl (C=O) groups excluding carboxylic acids is 1. The van der Waals surface area contributed by atoms with E-state index in [4.69, 9.17) is 9.47 Å². The molecule has 3 heteroatoms. The minimum Gasteiger partial charge on any atom is -0.462 e. The molecule has 1 spiro atoms. The molecule has 0 N–H and O–H groups in total. The lowest BCUT2D eigenvalue weighted by Gasteiger charge is -2.67. The van der Waals surface area contributed by atoms with Gasteiger partial charge in [0.2, 0.25) is 0 Å². The van der Waals surface area contributed by atoms with Crippen LogP contribution in [0.1, 0.15) is 120 Å². The van der Waals surface area contributed by atoms with E-state index in [1.54, 1.807) is 6.92 Å². The van der Waals surface area contributed by atoms with Gasteiger partial charge in [-0.1, -0.05) is 67.7 Å². The van der Waals surface area contributed by atoms with E-state index in [-0.39, 0.29) is 22.9 Å². The van der Waals surface area contributed by atoms with Gasteiger partial charge in [-0.3, -0.25) is 4.79 Å². The Morgan fingerprint density at radius 3 is 2.43 bits per heavy atom. The summed E-state index contributed by atoms with van der Waals surface area (Å²) in [5, 5.41) is 0. The van der Waals surface area contributed by atoms with Crippen molar-refractivity contribution in [3.8, 4) is 0 Å². The van der Waals surface area contributed by atoms with Crippen LogP contribution in [0.5, 0.6) is 0 Å². The predicted octanol–water partition coefficient (Wildman–Crippen LogP) is 8.05. The fraction of sp³-hybridized carbons (Fsp3) is 0.969. The maximum absolute atomic E-state index is 11.9. The molecule has 0 aromatic heterocycles. The first-order chi connectivity index (χ1) is 16.4. The minimum absolute atomic E-state index is 0.0286. The van der Waals surface area contributed by atoms with Crippen molar-refractivity contribution in [3.05, 3.63) is 0 Å². The summed E-state index contributed by atoms with van der Waals surface area (Å²) >= 11 is 0. The Bertz CT molecular complexity index is 818. The Kier molecular flexibility index (Phi) is 6.50. The highest BCUT2D eigenvalue weighted by Gasteiger charge is 2.73. The second-order valence-corrected chi connectivity index (χ2v) is 15.3. The van der Waals surface area contributed by atoms with Gasteiger partial charge in [0, 0.05) is 17.8 Å². The molecule has 1 heterocycles. The monoisotopic (exact) mass is 486 g/mol. The molecule has 0 aromatic rings. The number of ether oxygens (including phenoxy) is 2. The summed E-state index contributed by atoms with van der Waals surface area (Å²) in [6.07, 6.45) is 13.6. The quantitative estimate of drug-likeness (QED) is 0.356. The van der Waals surface area contributed by atoms with Gasteiger partial charge in [0.25, 0.3) is 0 Å². The van der Waals surface area contributed by atoms with E-state index in [2.05, 4.69) is 48.5 Å². The molecule has 5 rings (SSSR count). The van der Waals surface area contributed by atoms with E-state index in [1.165, 1.54) is 57.8 Å². The van der Waals surface area contributed by atoms with Crippen LogP contribution >= 0.6 is 0 Å². The Morgan fingerprint density at radius 2 is 1.74 bits per heavy atom. The van der Waals surface area contributed by atoms with Crippen LogP contribution in [0.2, 0.25) is 0 Å². The molecule has 4 saturated carbocycles. The summed E-state index contributed by atoms with van der Waals surface area (Å²) in [6, 6.07) is 0. The van der Waals surface area contributed by atoms with Crippen molar-refractivity contribution in [1.82, 2.24) is 0 Å². The average Bonchev–Trinajstić information content (AvgIpc) is 3.30. The molecule has 0 amide bonds. The molecule has 1 saturated heterocycles. The van der Waals surface area contributed by atoms with E-state index < -0.39 is 0 Å². The number of hydrogen-bond acceptors (Lipinski definition) is 3. The number of carbonyl (C=O) groups is 1. The molecule has 200 valence electrons. The van der Waals surface area contributed by atoms with Gasteiger partial charge in [-0.15, -0.1) is 0 Å². The van der Waals surface area contributed by atoms with E-state index in [0.29, 0.717) is 28.8 Å². The zero-order valence-corrected chi connectivity index (χ0v) is 24.1. The third kappa shape index (κ3) is 3.70. The van der Waals surface area contributed by atoms with Crippen LogP contribution in [0.15, 0.2) is 0 Å². The smallest absolute Gasteiger partial charge is 0.302 e. The maximum Gasteiger partial charge on any atom is 0.302 e. The molecule has 0 unspecified atom stereocenters. The largest absolute Gasteiger partial charge is 0.462 e. The highest BCUT2D eigenvalue weighted by atomic mass is 16.5. The molecule has 35 heavy (non-hydrogen) atoms. The number of esters is 1. The van der Waals surface area contributed by atoms with Gasteiger partial charge >= 0.3 is 5.97 Å². The SMILES string of the molecule is CC(=O)O[C@H]1CC[C@]2(C)[C@H]3[C@@H]4C[C@]5(CO4)[C@@H]([C@H](C)CCCC(C)C)CC[C@@]5(C)[C@@H]3CC[C@H]2C1(C)C. The lowest BCUT2D eigenvalue weighted by molar-refractivity contribution is -0.213. The molecule has 1 aliphatic heterocycles. The van der Waals surface area contributed by atoms with Gasteiger partial charge in [-0.2, -0.15) is 0 Å². The summed E-state index contributed by atoms with van der Waals surface area (Å²) < 4.78 is 12.8. The maximum atomic E-state index is 11.9. The average molecular weight is 487 g/mol. The van der Waals surface area contributed by atoms with Crippen molar-refractivity contribution in [2.45, 2.75) is 132 Å². The second kappa shape index (κ2) is 8.74. The standard InChI is InChI=1S/C32H54O3/c1-20(2)10-9-11-21(3)23-14-17-31(8)24-12-13-26-29(5,6)27(35-22(4)33)15-16-30(26,7)28(24)25-18-32(23,31)19-34-25/h20-21,23-28H,9-19H2,1-8H3/t21-,23-,24-,25+,26+,27+,28-,30+,31+,32+/m1/s1. The first kappa shape index (κ1) is 26.1. The first-order valence-corrected chi connectivity index (χ1v) is 15.2. The van der Waals surface area contributed by atoms with Gasteiger partial charge in [0.1, 0.15) is 6.10 Å². The van der Waals surface area contributed by atoms with Gasteiger partial charge in [0.15, 0.2) is 0 Å². The summed E-state index contributed by atoms with van der Waals surface area (Å²) in [5.41, 5.74) is 1.14. The molecule has 5 fully saturated rings. The molecule has 5 aliphatic rings. The van der Waals surface area contributed by atoms with Crippen molar-refractivity contribution >= 4 is 5.97 Å². The van der Waals surface area contributed by atoms with Crippen molar-refractivity contribution in [3.63, 3.8) is 0 Å². The van der Waals surface area contributed by atoms with Gasteiger partial charge in [-0.05, 0) is 91.3 Å². The van der Waals surface area contributed by atoms with Crippen molar-refractivity contribution in [1.29, 1.82) is 0 Å². The fourth-order valence-corrected chi connectivity index (χ4v) is 11.4. The highest BCUT2D eigenvalue weighted by Crippen LogP contribution is 2.77. The third-order valence-electron chi connectivity index (χ3n) is 13.0. The lowest BCUT2D eigenvalue weighted by Crippen LogP contribution is -2.64. The van der Waals surface area contributed by atoms with Crippen LogP contribution < -0.4 is 0 Å². The lowest BCUT2D eigenvalue weighted by atomic mass is 9.38. The third-order valence-corrected chi connectivity index (χ3v) is 13.0. The molecule has 4 aliphatic carbocycles. The van der Waals surface area contributed by atoms with Crippen LogP contribution in [-0.4, -0.2) is 24.8 Å². The van der Waals surface area contributed by atoms with Crippen LogP contribution in [0, 0.1) is 57.2 Å². The van der Waals surface area contributed by atoms with Crippen LogP contribution in [-0.2, 0) is 14.3 Å². The van der Waals surface area contributed by atoms with Crippen molar-refractivity contribution < 1.29 is 14.3 Å². The number of rotatable bonds is 6. The Labute approximate surface area is 215 Å². The number of hydrogen-bond donors (Lipinski definition) is 0. The molecular formula is C32H54O3. The topological polar surface area (TPSA) is 35.5 Å². The summed E-state index contributed by atoms with van der Waals surface area (Å²) in [6.45, 7) is 20.0. The molecule has 3 nitrogen and oxygen atoms in total. The van der Waals surface area contributed by atoms with Gasteiger partial charge in [-0.25, -0.2) is 0 Å². The summed E-state index contributed by atoms with van der Waals surface area (Å²) in [5.74, 6) is 4.41. The van der Waals surface area contributed by atoms with Gasteiger partial charge in [0.05, 0.1) is 12.7 Å². The normalized spacial score (nSPS) is 48.7. The molecular weight excluding hydrogens is 432 g/mol. The first-order valence-electron chi connectivity index (χ1n) is 15.2. The Morgan fingerprint density at radius 1 is 1.00 bits per heavy atom. The summed E-state index contributed by atoms with van der Waals surface area (Å²) in [4.78, 5) is 11.9. The van der Waals surface area contributed by atoms with E-state index in [1.807, 2.05) is 0 Å². The molecule has 2 bridgehead atoms. The van der Waals surface area contributed by atoms with Crippen LogP contribution in [0.4, 0.5) is 0 Å². The second-order valence-electron chi connectivity index (χ2n) is 15.3. The molecule has 0 radical (unpaired) electrons. The summed E-state index contributed by atoms with van der Waals surface area (Å²) in [7, 11) is 0. The highest BCUT2D eigenvalue weighted by molar-refractivity contribution is 5.66. The Hall–Kier alpha value is -0.570. The van der Waals surface area contributed by atoms with Gasteiger partial charge < -0.3 is 9.47 Å². The molecule has 10 atom stereocenters. The van der Waals surface area contributed by atoms with Crippen LogP contribution in [0.3, 0.4) is 0 Å². The van der Waals surface area contributed by atoms with Crippen molar-refractivity contribution in [2.75, 3.05) is 6.61 Å². The van der Waals surface area contributed by atoms with E-state index in [0.717, 1.165) is 36.7 Å². The fourth-order valence-electron chi connectivity index (χ4n) is 11.4. The Balaban J connectivity index is 1.41. The van der Waals surface area contributed by atoms with E-state index >= 15 is 0 Å². The molecule has 0 aromatic carbocycles. The number of fused-ring (bicyclic) bond motifs is 6. The van der Waals surface area contributed by atoms with E-state index in [9.17, 15) is 4.79 Å². The zero-order valence-electron chi connectivity index (χ0n) is 24.1. The predicted molar refractivity (Wildman–Crippen MR) is 142 cm³/mol. The van der Waals surface area contributed by atoms with Crippen LogP contribution in [0.25, 0.3) is 0 Å². The minimum atomic E-state index is -0.117. The zero-order chi connectivity index (χ0) is 25.4.